The van der Waals surface area contributed by atoms with Crippen LogP contribution in [0.4, 0.5) is 5.69 Å². The highest BCUT2D eigenvalue weighted by Crippen LogP contribution is 2.21. The molecule has 84 valence electrons. The van der Waals surface area contributed by atoms with Gasteiger partial charge in [0, 0.05) is 5.56 Å². The highest BCUT2D eigenvalue weighted by molar-refractivity contribution is 5.85. The van der Waals surface area contributed by atoms with E-state index in [9.17, 15) is 0 Å². The second-order valence-corrected chi connectivity index (χ2v) is 3.05. The number of nitrogens with two attached hydrogens (primary N) is 2. The summed E-state index contributed by atoms with van der Waals surface area (Å²) < 4.78 is 0. The first kappa shape index (κ1) is 12.1. The number of hydrogen-bond donors (Lipinski definition) is 3. The van der Waals surface area contributed by atoms with Crippen molar-refractivity contribution in [2.75, 3.05) is 0 Å². The van der Waals surface area contributed by atoms with E-state index in [-0.39, 0.29) is 18.4 Å². The van der Waals surface area contributed by atoms with Gasteiger partial charge in [-0.15, -0.1) is 12.4 Å². The number of hydrogen-bond acceptors (Lipinski definition) is 2. The molecular weight excluding hydrogens is 226 g/mol. The van der Waals surface area contributed by atoms with Gasteiger partial charge in [0.25, 0.3) is 0 Å². The Balaban J connectivity index is 0.00000128. The summed E-state index contributed by atoms with van der Waals surface area (Å²) in [6.45, 7) is 0. The quantitative estimate of drug-likeness (QED) is 0.545. The van der Waals surface area contributed by atoms with Crippen molar-refractivity contribution in [1.29, 1.82) is 0 Å². The molecule has 0 amide bonds. The Morgan fingerprint density at radius 2 is 2.12 bits per heavy atom. The topological polar surface area (TPSA) is 93.1 Å². The van der Waals surface area contributed by atoms with Crippen molar-refractivity contribution in [3.63, 3.8) is 0 Å². The molecule has 0 saturated carbocycles. The molecule has 1 aromatic carbocycles. The average molecular weight is 238 g/mol. The van der Waals surface area contributed by atoms with Crippen molar-refractivity contribution < 1.29 is 0 Å². The summed E-state index contributed by atoms with van der Waals surface area (Å²) in [4.78, 5) is 10.9. The number of aromatic nitrogens is 2. The molecule has 5 N–H and O–H groups in total. The van der Waals surface area contributed by atoms with E-state index in [0.29, 0.717) is 0 Å². The molecule has 0 unspecified atom stereocenters. The maximum absolute atomic E-state index is 5.30. The number of guanidine groups is 1. The monoisotopic (exact) mass is 237 g/mol. The molecule has 6 heteroatoms. The van der Waals surface area contributed by atoms with Gasteiger partial charge in [0.05, 0.1) is 23.9 Å². The minimum absolute atomic E-state index is 0. The molecule has 0 aliphatic heterocycles. The Morgan fingerprint density at radius 1 is 1.31 bits per heavy atom. The fourth-order valence-corrected chi connectivity index (χ4v) is 1.31. The number of nitrogens with zero attached hydrogens (tertiary/aromatic N) is 2. The molecule has 0 atom stereocenters. The SMILES string of the molecule is Cl.NC(N)=Nc1cccc(-c2cnc[nH]2)c1. The molecule has 0 aliphatic rings. The first-order valence-electron chi connectivity index (χ1n) is 4.44. The summed E-state index contributed by atoms with van der Waals surface area (Å²) in [7, 11) is 0. The molecule has 0 fully saturated rings. The predicted octanol–water partition coefficient (Wildman–Crippen LogP) is 1.40. The zero-order valence-corrected chi connectivity index (χ0v) is 9.24. The summed E-state index contributed by atoms with van der Waals surface area (Å²) >= 11 is 0. The van der Waals surface area contributed by atoms with Gasteiger partial charge in [-0.3, -0.25) is 0 Å². The van der Waals surface area contributed by atoms with Crippen LogP contribution in [0, 0.1) is 0 Å². The molecule has 1 heterocycles. The van der Waals surface area contributed by atoms with Crippen LogP contribution in [0.3, 0.4) is 0 Å². The van der Waals surface area contributed by atoms with Gasteiger partial charge in [-0.1, -0.05) is 12.1 Å². The smallest absolute Gasteiger partial charge is 0.191 e. The highest BCUT2D eigenvalue weighted by atomic mass is 35.5. The molecule has 0 spiro atoms. The lowest BCUT2D eigenvalue weighted by molar-refractivity contribution is 1.31. The zero-order chi connectivity index (χ0) is 10.7. The Hall–Kier alpha value is -2.01. The van der Waals surface area contributed by atoms with Gasteiger partial charge in [0.1, 0.15) is 0 Å². The maximum Gasteiger partial charge on any atom is 0.191 e. The van der Waals surface area contributed by atoms with Crippen LogP contribution in [0.5, 0.6) is 0 Å². The lowest BCUT2D eigenvalue weighted by Gasteiger charge is -1.99. The summed E-state index contributed by atoms with van der Waals surface area (Å²) in [5, 5.41) is 0. The lowest BCUT2D eigenvalue weighted by atomic mass is 10.1. The third-order valence-corrected chi connectivity index (χ3v) is 1.91. The number of benzene rings is 1. The summed E-state index contributed by atoms with van der Waals surface area (Å²) in [5.41, 5.74) is 13.3. The molecule has 0 bridgehead atoms. The number of halogens is 1. The largest absolute Gasteiger partial charge is 0.370 e. The van der Waals surface area contributed by atoms with Crippen LogP contribution in [-0.2, 0) is 0 Å². The van der Waals surface area contributed by atoms with Crippen molar-refractivity contribution in [2.45, 2.75) is 0 Å². The van der Waals surface area contributed by atoms with Gasteiger partial charge in [0.15, 0.2) is 5.96 Å². The van der Waals surface area contributed by atoms with Gasteiger partial charge in [-0.05, 0) is 12.1 Å². The van der Waals surface area contributed by atoms with Crippen LogP contribution in [0.15, 0.2) is 41.8 Å². The molecule has 2 aromatic rings. The number of rotatable bonds is 2. The zero-order valence-electron chi connectivity index (χ0n) is 8.42. The van der Waals surface area contributed by atoms with E-state index in [0.717, 1.165) is 16.9 Å². The van der Waals surface area contributed by atoms with Crippen LogP contribution in [-0.4, -0.2) is 15.9 Å². The minimum atomic E-state index is 0. The normalized spacial score (nSPS) is 9.25. The maximum atomic E-state index is 5.30. The van der Waals surface area contributed by atoms with Crippen molar-refractivity contribution in [1.82, 2.24) is 9.97 Å². The number of aliphatic imine (C=N–C) groups is 1. The van der Waals surface area contributed by atoms with E-state index >= 15 is 0 Å². The van der Waals surface area contributed by atoms with E-state index < -0.39 is 0 Å². The van der Waals surface area contributed by atoms with Crippen molar-refractivity contribution in [3.05, 3.63) is 36.8 Å². The standard InChI is InChI=1S/C10H11N5.ClH/c11-10(12)15-8-3-1-2-7(4-8)9-5-13-6-14-9;/h1-6H,(H,13,14)(H4,11,12,15);1H. The number of nitrogens with one attached hydrogen (secondary N) is 1. The summed E-state index contributed by atoms with van der Waals surface area (Å²) in [6, 6.07) is 7.56. The van der Waals surface area contributed by atoms with Gasteiger partial charge in [0.2, 0.25) is 0 Å². The summed E-state index contributed by atoms with van der Waals surface area (Å²) in [6.07, 6.45) is 3.37. The van der Waals surface area contributed by atoms with E-state index in [1.54, 1.807) is 12.5 Å². The second-order valence-electron chi connectivity index (χ2n) is 3.05. The molecule has 0 aliphatic carbocycles. The molecule has 0 saturated heterocycles. The molecule has 16 heavy (non-hydrogen) atoms. The first-order chi connectivity index (χ1) is 7.25. The van der Waals surface area contributed by atoms with Crippen molar-refractivity contribution in [3.8, 4) is 11.3 Å². The molecular formula is C10H12ClN5. The van der Waals surface area contributed by atoms with Crippen LogP contribution < -0.4 is 11.5 Å². The first-order valence-corrected chi connectivity index (χ1v) is 4.44. The summed E-state index contributed by atoms with van der Waals surface area (Å²) in [5.74, 6) is 0.0526. The van der Waals surface area contributed by atoms with E-state index in [2.05, 4.69) is 15.0 Å². The third-order valence-electron chi connectivity index (χ3n) is 1.91. The number of imidazole rings is 1. The van der Waals surface area contributed by atoms with Gasteiger partial charge < -0.3 is 16.5 Å². The third kappa shape index (κ3) is 2.74. The van der Waals surface area contributed by atoms with Crippen LogP contribution >= 0.6 is 12.4 Å². The molecule has 1 aromatic heterocycles. The lowest BCUT2D eigenvalue weighted by Crippen LogP contribution is -2.21. The van der Waals surface area contributed by atoms with Crippen molar-refractivity contribution >= 4 is 24.1 Å². The fraction of sp³-hybridized carbons (Fsp3) is 0. The Morgan fingerprint density at radius 3 is 2.75 bits per heavy atom. The van der Waals surface area contributed by atoms with E-state index in [1.807, 2.05) is 24.3 Å². The Bertz CT molecular complexity index is 474. The van der Waals surface area contributed by atoms with Crippen LogP contribution in [0.1, 0.15) is 0 Å². The van der Waals surface area contributed by atoms with Gasteiger partial charge in [-0.25, -0.2) is 9.98 Å². The van der Waals surface area contributed by atoms with E-state index in [1.165, 1.54) is 0 Å². The molecule has 0 radical (unpaired) electrons. The fourth-order valence-electron chi connectivity index (χ4n) is 1.31. The minimum Gasteiger partial charge on any atom is -0.370 e. The number of aromatic amines is 1. The highest BCUT2D eigenvalue weighted by Gasteiger charge is 1.99. The predicted molar refractivity (Wildman–Crippen MR) is 66.7 cm³/mol. The van der Waals surface area contributed by atoms with Crippen LogP contribution in [0.25, 0.3) is 11.3 Å². The van der Waals surface area contributed by atoms with E-state index in [4.69, 9.17) is 11.5 Å². The molecule has 2 rings (SSSR count). The Labute approximate surface area is 99.0 Å². The van der Waals surface area contributed by atoms with Gasteiger partial charge >= 0.3 is 0 Å². The van der Waals surface area contributed by atoms with Gasteiger partial charge in [-0.2, -0.15) is 0 Å². The van der Waals surface area contributed by atoms with Crippen molar-refractivity contribution in [2.24, 2.45) is 16.5 Å². The van der Waals surface area contributed by atoms with Crippen LogP contribution in [0.2, 0.25) is 0 Å². The second kappa shape index (κ2) is 5.18. The molecule has 5 nitrogen and oxygen atoms in total. The Kier molecular flexibility index (Phi) is 3.90. The number of H-pyrrole nitrogens is 1. The average Bonchev–Trinajstić information content (AvgIpc) is 2.69.